The second-order valence-electron chi connectivity index (χ2n) is 9.32. The molecule has 2 aromatic heterocycles. The van der Waals surface area contributed by atoms with Crippen LogP contribution in [0.4, 0.5) is 0 Å². The molecule has 0 saturated carbocycles. The first kappa shape index (κ1) is 27.9. The van der Waals surface area contributed by atoms with Gasteiger partial charge in [-0.1, -0.05) is 57.7 Å². The number of benzene rings is 1. The lowest BCUT2D eigenvalue weighted by Crippen LogP contribution is -2.52. The van der Waals surface area contributed by atoms with Crippen LogP contribution in [0.1, 0.15) is 65.2 Å². The van der Waals surface area contributed by atoms with Crippen molar-refractivity contribution in [1.82, 2.24) is 25.2 Å². The molecule has 0 aliphatic carbocycles. The first-order chi connectivity index (χ1) is 16.1. The molecule has 3 rings (SSSR count). The number of rotatable bonds is 10. The molecule has 0 aliphatic heterocycles. The molecule has 2 heterocycles. The number of pyridine rings is 1. The average Bonchev–Trinajstić information content (AvgIpc) is 3.23. The minimum Gasteiger partial charge on any atom is -0.371 e. The summed E-state index contributed by atoms with van der Waals surface area (Å²) in [4.78, 5) is 25.0. The number of fused-ring (bicyclic) bond motifs is 1. The van der Waals surface area contributed by atoms with E-state index in [0.29, 0.717) is 24.6 Å². The highest BCUT2D eigenvalue weighted by Gasteiger charge is 2.32. The fourth-order valence-electron chi connectivity index (χ4n) is 3.37. The second-order valence-corrected chi connectivity index (χ2v) is 9.32. The Bertz CT molecular complexity index is 1120. The van der Waals surface area contributed by atoms with Crippen molar-refractivity contribution < 1.29 is 14.3 Å². The number of ether oxygens (including phenoxy) is 1. The fourth-order valence-corrected chi connectivity index (χ4v) is 3.37. The summed E-state index contributed by atoms with van der Waals surface area (Å²) in [6.07, 6.45) is -0.447. The van der Waals surface area contributed by atoms with Crippen LogP contribution in [0, 0.1) is 5.92 Å². The van der Waals surface area contributed by atoms with Gasteiger partial charge in [0.15, 0.2) is 11.5 Å². The van der Waals surface area contributed by atoms with Gasteiger partial charge in [0, 0.05) is 11.6 Å². The Kier molecular flexibility index (Phi) is 9.50. The lowest BCUT2D eigenvalue weighted by atomic mass is 10.0. The zero-order chi connectivity index (χ0) is 24.9. The van der Waals surface area contributed by atoms with E-state index in [1.807, 2.05) is 73.7 Å². The van der Waals surface area contributed by atoms with Crippen molar-refractivity contribution in [3.8, 4) is 0 Å². The number of aromatic nitrogens is 3. The maximum absolute atomic E-state index is 12.9. The summed E-state index contributed by atoms with van der Waals surface area (Å²) in [5, 5.41) is 14.6. The molecule has 1 aromatic carbocycles. The van der Waals surface area contributed by atoms with E-state index in [1.54, 1.807) is 13.8 Å². The highest BCUT2D eigenvalue weighted by Crippen LogP contribution is 2.22. The molecule has 0 radical (unpaired) electrons. The van der Waals surface area contributed by atoms with Crippen molar-refractivity contribution in [2.75, 3.05) is 0 Å². The topological polar surface area (TPSA) is 124 Å². The summed E-state index contributed by atoms with van der Waals surface area (Å²) < 4.78 is 7.98. The van der Waals surface area contributed by atoms with Crippen LogP contribution in [0.25, 0.3) is 5.65 Å². The summed E-state index contributed by atoms with van der Waals surface area (Å²) in [6.45, 7) is 9.50. The Morgan fingerprint density at radius 3 is 2.37 bits per heavy atom. The summed E-state index contributed by atoms with van der Waals surface area (Å²) in [5.41, 5.74) is 7.37. The van der Waals surface area contributed by atoms with Crippen LogP contribution in [0.15, 0.2) is 48.5 Å². The summed E-state index contributed by atoms with van der Waals surface area (Å²) >= 11 is 0. The highest BCUT2D eigenvalue weighted by molar-refractivity contribution is 5.85. The van der Waals surface area contributed by atoms with Gasteiger partial charge in [-0.25, -0.2) is 0 Å². The number of hydrogen-bond acceptors (Lipinski definition) is 6. The number of hydrogen-bond donors (Lipinski definition) is 3. The molecule has 9 heteroatoms. The van der Waals surface area contributed by atoms with E-state index in [9.17, 15) is 9.59 Å². The maximum atomic E-state index is 12.9. The van der Waals surface area contributed by atoms with E-state index in [2.05, 4.69) is 20.8 Å². The first-order valence-corrected chi connectivity index (χ1v) is 11.4. The van der Waals surface area contributed by atoms with Crippen LogP contribution in [0.3, 0.4) is 0 Å². The molecule has 3 aromatic rings. The maximum Gasteiger partial charge on any atom is 0.240 e. The monoisotopic (exact) mass is 482 g/mol. The van der Waals surface area contributed by atoms with Crippen molar-refractivity contribution in [2.45, 2.75) is 72.9 Å². The van der Waals surface area contributed by atoms with Gasteiger partial charge in [-0.3, -0.25) is 14.0 Å². The first-order valence-electron chi connectivity index (χ1n) is 11.4. The smallest absolute Gasteiger partial charge is 0.240 e. The lowest BCUT2D eigenvalue weighted by molar-refractivity contribution is -0.127. The van der Waals surface area contributed by atoms with Gasteiger partial charge >= 0.3 is 0 Å². The third-order valence-corrected chi connectivity index (χ3v) is 5.48. The zero-order valence-corrected chi connectivity index (χ0v) is 20.4. The molecule has 9 nitrogen and oxygen atoms in total. The van der Waals surface area contributed by atoms with Crippen molar-refractivity contribution >= 4 is 17.5 Å². The third kappa shape index (κ3) is 7.10. The minimum absolute atomic E-state index is 0. The number of carbonyl (C=O) groups excluding carboxylic acids is 2. The van der Waals surface area contributed by atoms with E-state index < -0.39 is 17.7 Å². The molecule has 0 fully saturated rings. The Labute approximate surface area is 207 Å². The quantitative estimate of drug-likeness (QED) is 0.408. The Morgan fingerprint density at radius 2 is 1.74 bits per heavy atom. The van der Waals surface area contributed by atoms with Crippen molar-refractivity contribution in [1.29, 1.82) is 0 Å². The zero-order valence-electron chi connectivity index (χ0n) is 20.4. The summed E-state index contributed by atoms with van der Waals surface area (Å²) in [5.74, 6) is -0.0247. The molecule has 0 bridgehead atoms. The van der Waals surface area contributed by atoms with E-state index in [-0.39, 0.29) is 25.2 Å². The van der Waals surface area contributed by atoms with Gasteiger partial charge in [-0.05, 0) is 38.5 Å². The molecule has 0 unspecified atom stereocenters. The number of nitrogens with two attached hydrogens (primary N) is 1. The Hall–Kier alpha value is -3.30. The van der Waals surface area contributed by atoms with E-state index in [0.717, 1.165) is 11.3 Å². The van der Waals surface area contributed by atoms with Crippen molar-refractivity contribution in [3.05, 3.63) is 65.6 Å². The van der Waals surface area contributed by atoms with Crippen molar-refractivity contribution in [2.24, 2.45) is 11.7 Å². The third-order valence-electron chi connectivity index (χ3n) is 5.48. The highest BCUT2D eigenvalue weighted by atomic mass is 16.5. The molecule has 2 atom stereocenters. The summed E-state index contributed by atoms with van der Waals surface area (Å²) in [6, 6.07) is 14.7. The van der Waals surface area contributed by atoms with E-state index in [4.69, 9.17) is 10.5 Å². The number of carbonyl (C=O) groups is 2. The van der Waals surface area contributed by atoms with Crippen molar-refractivity contribution in [3.63, 3.8) is 0 Å². The van der Waals surface area contributed by atoms with Crippen LogP contribution < -0.4 is 16.4 Å². The van der Waals surface area contributed by atoms with Gasteiger partial charge in [0.2, 0.25) is 11.8 Å². The van der Waals surface area contributed by atoms with Crippen LogP contribution in [-0.2, 0) is 27.5 Å². The average molecular weight is 483 g/mol. The predicted molar refractivity (Wildman–Crippen MR) is 136 cm³/mol. The van der Waals surface area contributed by atoms with Crippen LogP contribution in [0.2, 0.25) is 0 Å². The number of nitrogens with one attached hydrogen (secondary N) is 2. The SMILES string of the molecule is C.CC(C)C(=O)NCc1cccc2nnc([C@H](NC(=O)C(C)(C)N)[C@@H](C)OCc3ccccc3)n12. The van der Waals surface area contributed by atoms with Crippen LogP contribution in [0.5, 0.6) is 0 Å². The Balaban J connectivity index is 0.00000432. The van der Waals surface area contributed by atoms with Crippen LogP contribution in [-0.4, -0.2) is 38.1 Å². The van der Waals surface area contributed by atoms with Gasteiger partial charge < -0.3 is 21.1 Å². The predicted octanol–water partition coefficient (Wildman–Crippen LogP) is 3.14. The van der Waals surface area contributed by atoms with Gasteiger partial charge in [0.25, 0.3) is 0 Å². The summed E-state index contributed by atoms with van der Waals surface area (Å²) in [7, 11) is 0. The van der Waals surface area contributed by atoms with E-state index >= 15 is 0 Å². The van der Waals surface area contributed by atoms with Crippen LogP contribution >= 0.6 is 0 Å². The molecule has 0 aliphatic rings. The fraction of sp³-hybridized carbons (Fsp3) is 0.462. The molecule has 2 amide bonds. The molecule has 190 valence electrons. The normalized spacial score (nSPS) is 13.2. The van der Waals surface area contributed by atoms with Gasteiger partial charge in [0.05, 0.1) is 24.8 Å². The Morgan fingerprint density at radius 1 is 1.06 bits per heavy atom. The molecular weight excluding hydrogens is 444 g/mol. The number of amides is 2. The van der Waals surface area contributed by atoms with Gasteiger partial charge in [0.1, 0.15) is 6.04 Å². The standard InChI is InChI=1S/C25H34N6O3.CH4/c1-16(2)23(32)27-14-19-12-9-13-20-29-30-22(31(19)20)21(28-24(33)25(4,5)26)17(3)34-15-18-10-7-6-8-11-18;/h6-13,16-17,21H,14-15,26H2,1-5H3,(H,27,32)(H,28,33);1H4/t17-,21-;/m1./s1. The molecule has 35 heavy (non-hydrogen) atoms. The number of nitrogens with zero attached hydrogens (tertiary/aromatic N) is 3. The second kappa shape index (κ2) is 11.9. The van der Waals surface area contributed by atoms with E-state index in [1.165, 1.54) is 0 Å². The molecule has 4 N–H and O–H groups in total. The van der Waals surface area contributed by atoms with Gasteiger partial charge in [-0.2, -0.15) is 0 Å². The molecular formula is C26H38N6O3. The largest absolute Gasteiger partial charge is 0.371 e. The molecule has 0 saturated heterocycles. The van der Waals surface area contributed by atoms with Gasteiger partial charge in [-0.15, -0.1) is 10.2 Å². The minimum atomic E-state index is -1.09. The lowest BCUT2D eigenvalue weighted by Gasteiger charge is -2.28. The molecule has 0 spiro atoms.